The molecule has 126 valence electrons. The number of alkyl halides is 1. The van der Waals surface area contributed by atoms with Crippen LogP contribution in [-0.4, -0.2) is 38.4 Å². The minimum atomic E-state index is 0.164. The fraction of sp³-hybridized carbons (Fsp3) is 0.263. The predicted molar refractivity (Wildman–Crippen MR) is 103 cm³/mol. The number of phenolic OH excluding ortho intramolecular Hbond substituents is 2. The van der Waals surface area contributed by atoms with Gasteiger partial charge in [-0.05, 0) is 11.6 Å². The number of nitrogens with zero attached hydrogens (tertiary/aromatic N) is 2. The summed E-state index contributed by atoms with van der Waals surface area (Å²) in [5, 5.41) is 24.5. The Balaban J connectivity index is 2.68. The number of fused-ring (bicyclic) bond motifs is 2. The van der Waals surface area contributed by atoms with E-state index in [1.54, 1.807) is 0 Å². The van der Waals surface area contributed by atoms with Crippen LogP contribution in [0.1, 0.15) is 5.56 Å². The lowest BCUT2D eigenvalue weighted by Crippen LogP contribution is -2.15. The Morgan fingerprint density at radius 2 is 1.42 bits per heavy atom. The third kappa shape index (κ3) is 2.29. The molecule has 3 aromatic rings. The second-order valence-corrected chi connectivity index (χ2v) is 6.59. The summed E-state index contributed by atoms with van der Waals surface area (Å²) in [5.74, 6) is 0.653. The Morgan fingerprint density at radius 3 is 1.88 bits per heavy atom. The molecule has 0 saturated carbocycles. The number of benzene rings is 3. The van der Waals surface area contributed by atoms with Gasteiger partial charge in [0.2, 0.25) is 0 Å². The van der Waals surface area contributed by atoms with Crippen molar-refractivity contribution in [2.24, 2.45) is 0 Å². The summed E-state index contributed by atoms with van der Waals surface area (Å²) in [6, 6.07) is 9.29. The van der Waals surface area contributed by atoms with Gasteiger partial charge >= 0.3 is 0 Å². The molecule has 4 nitrogen and oxygen atoms in total. The average molecular weight is 345 g/mol. The topological polar surface area (TPSA) is 46.9 Å². The van der Waals surface area contributed by atoms with E-state index in [4.69, 9.17) is 11.6 Å². The van der Waals surface area contributed by atoms with Crippen LogP contribution in [-0.2, 0) is 5.88 Å². The highest BCUT2D eigenvalue weighted by atomic mass is 35.5. The Kier molecular flexibility index (Phi) is 4.10. The normalized spacial score (nSPS) is 11.2. The molecule has 0 aliphatic carbocycles. The molecule has 0 radical (unpaired) electrons. The number of hydrogen-bond acceptors (Lipinski definition) is 4. The molecule has 24 heavy (non-hydrogen) atoms. The molecule has 3 rings (SSSR count). The first-order chi connectivity index (χ1) is 11.4. The van der Waals surface area contributed by atoms with Crippen LogP contribution < -0.4 is 9.80 Å². The lowest BCUT2D eigenvalue weighted by molar-refractivity contribution is 0.478. The van der Waals surface area contributed by atoms with Gasteiger partial charge in [0.1, 0.15) is 11.5 Å². The second-order valence-electron chi connectivity index (χ2n) is 6.32. The van der Waals surface area contributed by atoms with Crippen LogP contribution in [0.4, 0.5) is 11.4 Å². The molecule has 3 aromatic carbocycles. The van der Waals surface area contributed by atoms with Crippen molar-refractivity contribution >= 4 is 44.5 Å². The van der Waals surface area contributed by atoms with Crippen LogP contribution in [0.25, 0.3) is 21.5 Å². The minimum Gasteiger partial charge on any atom is -0.507 e. The van der Waals surface area contributed by atoms with E-state index in [1.165, 1.54) is 0 Å². The van der Waals surface area contributed by atoms with Gasteiger partial charge < -0.3 is 20.0 Å². The summed E-state index contributed by atoms with van der Waals surface area (Å²) >= 11 is 6.17. The lowest BCUT2D eigenvalue weighted by atomic mass is 9.95. The van der Waals surface area contributed by atoms with Crippen molar-refractivity contribution in [3.05, 3.63) is 35.9 Å². The number of halogens is 1. The van der Waals surface area contributed by atoms with Gasteiger partial charge in [-0.3, -0.25) is 0 Å². The first-order valence-electron chi connectivity index (χ1n) is 7.71. The van der Waals surface area contributed by atoms with Gasteiger partial charge in [-0.15, -0.1) is 11.6 Å². The molecule has 2 N–H and O–H groups in total. The SMILES string of the molecule is CN(C)c1cc(CCl)c(N(C)C)c2c(O)c3ccccc3c(O)c12. The van der Waals surface area contributed by atoms with Crippen molar-refractivity contribution in [2.45, 2.75) is 5.88 Å². The Morgan fingerprint density at radius 1 is 0.875 bits per heavy atom. The number of aromatic hydroxyl groups is 2. The molecule has 0 aliphatic rings. The largest absolute Gasteiger partial charge is 0.507 e. The quantitative estimate of drug-likeness (QED) is 0.423. The first kappa shape index (κ1) is 16.5. The van der Waals surface area contributed by atoms with E-state index in [1.807, 2.05) is 68.3 Å². The Hall–Kier alpha value is -2.33. The van der Waals surface area contributed by atoms with Crippen molar-refractivity contribution in [1.29, 1.82) is 0 Å². The number of rotatable bonds is 3. The number of hydrogen-bond donors (Lipinski definition) is 2. The van der Waals surface area contributed by atoms with Gasteiger partial charge in [-0.2, -0.15) is 0 Å². The highest BCUT2D eigenvalue weighted by molar-refractivity contribution is 6.22. The molecule has 0 heterocycles. The van der Waals surface area contributed by atoms with Gasteiger partial charge in [0, 0.05) is 50.5 Å². The Bertz CT molecular complexity index is 936. The van der Waals surface area contributed by atoms with Gasteiger partial charge in [0.15, 0.2) is 0 Å². The number of phenols is 2. The predicted octanol–water partition coefficient (Wildman–Crippen LogP) is 4.28. The zero-order valence-electron chi connectivity index (χ0n) is 14.3. The van der Waals surface area contributed by atoms with Crippen LogP contribution in [0.2, 0.25) is 0 Å². The van der Waals surface area contributed by atoms with Crippen molar-refractivity contribution in [1.82, 2.24) is 0 Å². The number of anilines is 2. The van der Waals surface area contributed by atoms with E-state index in [0.29, 0.717) is 27.4 Å². The minimum absolute atomic E-state index is 0.164. The van der Waals surface area contributed by atoms with Crippen molar-refractivity contribution in [2.75, 3.05) is 38.0 Å². The molecule has 5 heteroatoms. The van der Waals surface area contributed by atoms with E-state index in [2.05, 4.69) is 0 Å². The maximum absolute atomic E-state index is 11.0. The molecule has 0 spiro atoms. The maximum Gasteiger partial charge on any atom is 0.133 e. The highest BCUT2D eigenvalue weighted by Crippen LogP contribution is 2.50. The third-order valence-corrected chi connectivity index (χ3v) is 4.63. The van der Waals surface area contributed by atoms with E-state index in [-0.39, 0.29) is 11.5 Å². The zero-order chi connectivity index (χ0) is 17.6. The third-order valence-electron chi connectivity index (χ3n) is 4.34. The van der Waals surface area contributed by atoms with Gasteiger partial charge in [0.25, 0.3) is 0 Å². The van der Waals surface area contributed by atoms with E-state index >= 15 is 0 Å². The van der Waals surface area contributed by atoms with Gasteiger partial charge in [0.05, 0.1) is 16.5 Å². The zero-order valence-corrected chi connectivity index (χ0v) is 15.0. The second kappa shape index (κ2) is 5.95. The van der Waals surface area contributed by atoms with Crippen molar-refractivity contribution < 1.29 is 10.2 Å². The van der Waals surface area contributed by atoms with Gasteiger partial charge in [-0.1, -0.05) is 24.3 Å². The fourth-order valence-electron chi connectivity index (χ4n) is 3.31. The summed E-state index contributed by atoms with van der Waals surface area (Å²) in [6.07, 6.45) is 0. The molecule has 0 atom stereocenters. The molecular weight excluding hydrogens is 324 g/mol. The van der Waals surface area contributed by atoms with Crippen LogP contribution in [0.15, 0.2) is 30.3 Å². The first-order valence-corrected chi connectivity index (χ1v) is 8.24. The average Bonchev–Trinajstić information content (AvgIpc) is 2.57. The maximum atomic E-state index is 11.0. The molecule has 0 saturated heterocycles. The summed E-state index contributed by atoms with van der Waals surface area (Å²) < 4.78 is 0. The molecular formula is C19H21ClN2O2. The molecule has 0 aliphatic heterocycles. The smallest absolute Gasteiger partial charge is 0.133 e. The summed E-state index contributed by atoms with van der Waals surface area (Å²) in [7, 11) is 7.64. The standard InChI is InChI=1S/C19H21ClN2O2/c1-21(2)14-9-11(10-20)17(22(3)4)16-15(14)18(23)12-7-5-6-8-13(12)19(16)24/h5-9,23-24H,10H2,1-4H3. The van der Waals surface area contributed by atoms with Crippen molar-refractivity contribution in [3.8, 4) is 11.5 Å². The summed E-state index contributed by atoms with van der Waals surface area (Å²) in [4.78, 5) is 3.85. The molecule has 0 bridgehead atoms. The van der Waals surface area contributed by atoms with Crippen LogP contribution >= 0.6 is 11.6 Å². The summed E-state index contributed by atoms with van der Waals surface area (Å²) in [6.45, 7) is 0. The lowest BCUT2D eigenvalue weighted by Gasteiger charge is -2.26. The molecule has 0 unspecified atom stereocenters. The van der Waals surface area contributed by atoms with Crippen molar-refractivity contribution in [3.63, 3.8) is 0 Å². The van der Waals surface area contributed by atoms with E-state index in [9.17, 15) is 10.2 Å². The molecule has 0 amide bonds. The fourth-order valence-corrected chi connectivity index (χ4v) is 3.52. The molecule has 0 fully saturated rings. The van der Waals surface area contributed by atoms with Crippen LogP contribution in [0, 0.1) is 0 Å². The highest BCUT2D eigenvalue weighted by Gasteiger charge is 2.23. The van der Waals surface area contributed by atoms with Crippen LogP contribution in [0.5, 0.6) is 11.5 Å². The monoisotopic (exact) mass is 344 g/mol. The van der Waals surface area contributed by atoms with Crippen LogP contribution in [0.3, 0.4) is 0 Å². The van der Waals surface area contributed by atoms with E-state index < -0.39 is 0 Å². The summed E-state index contributed by atoms with van der Waals surface area (Å²) in [5.41, 5.74) is 2.55. The van der Waals surface area contributed by atoms with E-state index in [0.717, 1.165) is 16.9 Å². The molecule has 0 aromatic heterocycles. The Labute approximate surface area is 146 Å². The van der Waals surface area contributed by atoms with Gasteiger partial charge in [-0.25, -0.2) is 0 Å².